The van der Waals surface area contributed by atoms with Gasteiger partial charge in [0.25, 0.3) is 0 Å². The second-order valence-corrected chi connectivity index (χ2v) is 8.16. The number of hydrogen-bond acceptors (Lipinski definition) is 5. The van der Waals surface area contributed by atoms with Gasteiger partial charge in [0.05, 0.1) is 19.3 Å². The van der Waals surface area contributed by atoms with E-state index in [0.29, 0.717) is 58.8 Å². The molecule has 0 aromatic rings. The molecular formula is C18H30N4O4. The molecule has 26 heavy (non-hydrogen) atoms. The van der Waals surface area contributed by atoms with Crippen molar-refractivity contribution in [2.75, 3.05) is 39.5 Å². The number of nitrogens with zero attached hydrogens (tertiary/aromatic N) is 2. The van der Waals surface area contributed by atoms with Crippen molar-refractivity contribution in [2.24, 2.45) is 5.41 Å². The predicted octanol–water partition coefficient (Wildman–Crippen LogP) is 1.02. The van der Waals surface area contributed by atoms with Gasteiger partial charge in [-0.1, -0.05) is 20.8 Å². The molecule has 8 nitrogen and oxygen atoms in total. The Balaban J connectivity index is 2.06. The second-order valence-electron chi connectivity index (χ2n) is 8.16. The average Bonchev–Trinajstić information content (AvgIpc) is 2.61. The maximum atomic E-state index is 12.9. The molecule has 2 fully saturated rings. The van der Waals surface area contributed by atoms with Crippen LogP contribution in [-0.2, 0) is 14.3 Å². The number of ether oxygens (including phenoxy) is 2. The SMILES string of the molecule is CC(C)(C)CC(NC(=O)N1CCOCC1)C(=O)NC1(C#N)CCOCC1. The van der Waals surface area contributed by atoms with E-state index in [1.807, 2.05) is 20.8 Å². The molecule has 2 saturated heterocycles. The molecule has 1 unspecified atom stereocenters. The van der Waals surface area contributed by atoms with Crippen LogP contribution < -0.4 is 10.6 Å². The summed E-state index contributed by atoms with van der Waals surface area (Å²) in [6.45, 7) is 8.95. The van der Waals surface area contributed by atoms with Gasteiger partial charge in [0, 0.05) is 39.1 Å². The zero-order valence-corrected chi connectivity index (χ0v) is 16.0. The Kier molecular flexibility index (Phi) is 6.84. The van der Waals surface area contributed by atoms with Gasteiger partial charge in [0.2, 0.25) is 5.91 Å². The number of nitrogens with one attached hydrogen (secondary N) is 2. The van der Waals surface area contributed by atoms with E-state index in [4.69, 9.17) is 9.47 Å². The first kappa shape index (κ1) is 20.5. The maximum absolute atomic E-state index is 12.9. The highest BCUT2D eigenvalue weighted by Gasteiger charge is 2.37. The number of amides is 3. The van der Waals surface area contributed by atoms with Gasteiger partial charge < -0.3 is 25.0 Å². The number of carbonyl (C=O) groups excluding carboxylic acids is 2. The molecule has 2 rings (SSSR count). The summed E-state index contributed by atoms with van der Waals surface area (Å²) in [7, 11) is 0. The van der Waals surface area contributed by atoms with Crippen LogP contribution in [0.5, 0.6) is 0 Å². The van der Waals surface area contributed by atoms with E-state index in [1.165, 1.54) is 0 Å². The monoisotopic (exact) mass is 366 g/mol. The van der Waals surface area contributed by atoms with Gasteiger partial charge in [-0.2, -0.15) is 5.26 Å². The van der Waals surface area contributed by atoms with E-state index in [0.717, 1.165) is 0 Å². The molecule has 0 aromatic carbocycles. The molecule has 0 spiro atoms. The van der Waals surface area contributed by atoms with E-state index >= 15 is 0 Å². The fraction of sp³-hybridized carbons (Fsp3) is 0.833. The van der Waals surface area contributed by atoms with E-state index in [2.05, 4.69) is 16.7 Å². The molecule has 2 aliphatic rings. The number of hydrogen-bond donors (Lipinski definition) is 2. The average molecular weight is 366 g/mol. The predicted molar refractivity (Wildman–Crippen MR) is 95.3 cm³/mol. The van der Waals surface area contributed by atoms with Gasteiger partial charge in [-0.15, -0.1) is 0 Å². The van der Waals surface area contributed by atoms with E-state index in [1.54, 1.807) is 4.90 Å². The molecule has 146 valence electrons. The third-order valence-electron chi connectivity index (χ3n) is 4.65. The zero-order valence-electron chi connectivity index (χ0n) is 16.0. The largest absolute Gasteiger partial charge is 0.381 e. The van der Waals surface area contributed by atoms with Crippen LogP contribution in [0.2, 0.25) is 0 Å². The Hall–Kier alpha value is -1.85. The van der Waals surface area contributed by atoms with Gasteiger partial charge in [-0.3, -0.25) is 4.79 Å². The van der Waals surface area contributed by atoms with Gasteiger partial charge >= 0.3 is 6.03 Å². The number of carbonyl (C=O) groups is 2. The standard InChI is InChI=1S/C18H30N4O4/c1-17(2,3)12-14(20-16(24)22-6-10-26-11-7-22)15(23)21-18(13-19)4-8-25-9-5-18/h14H,4-12H2,1-3H3,(H,20,24)(H,21,23). The van der Waals surface area contributed by atoms with Crippen LogP contribution in [0.1, 0.15) is 40.0 Å². The molecule has 3 amide bonds. The number of rotatable bonds is 4. The van der Waals surface area contributed by atoms with Gasteiger partial charge in [0.1, 0.15) is 11.6 Å². The van der Waals surface area contributed by atoms with Crippen LogP contribution in [0.15, 0.2) is 0 Å². The molecule has 0 bridgehead atoms. The van der Waals surface area contributed by atoms with Crippen molar-refractivity contribution in [1.29, 1.82) is 5.26 Å². The summed E-state index contributed by atoms with van der Waals surface area (Å²) in [6, 6.07) is 1.27. The summed E-state index contributed by atoms with van der Waals surface area (Å²) in [6.07, 6.45) is 1.39. The minimum atomic E-state index is -0.921. The smallest absolute Gasteiger partial charge is 0.318 e. The van der Waals surface area contributed by atoms with E-state index < -0.39 is 11.6 Å². The van der Waals surface area contributed by atoms with E-state index in [-0.39, 0.29) is 17.4 Å². The van der Waals surface area contributed by atoms with Gasteiger partial charge in [0.15, 0.2) is 0 Å². The fourth-order valence-corrected chi connectivity index (χ4v) is 3.14. The third-order valence-corrected chi connectivity index (χ3v) is 4.65. The minimum Gasteiger partial charge on any atom is -0.381 e. The molecule has 2 aliphatic heterocycles. The molecule has 0 radical (unpaired) electrons. The highest BCUT2D eigenvalue weighted by Crippen LogP contribution is 2.24. The van der Waals surface area contributed by atoms with Crippen molar-refractivity contribution in [3.63, 3.8) is 0 Å². The Labute approximate surface area is 155 Å². The lowest BCUT2D eigenvalue weighted by Crippen LogP contribution is -2.59. The summed E-state index contributed by atoms with van der Waals surface area (Å²) in [4.78, 5) is 27.1. The zero-order chi connectivity index (χ0) is 19.2. The highest BCUT2D eigenvalue weighted by molar-refractivity contribution is 5.87. The van der Waals surface area contributed by atoms with Crippen molar-refractivity contribution in [3.8, 4) is 6.07 Å². The first-order chi connectivity index (χ1) is 12.2. The Bertz CT molecular complexity index is 540. The number of urea groups is 1. The lowest BCUT2D eigenvalue weighted by Gasteiger charge is -2.35. The summed E-state index contributed by atoms with van der Waals surface area (Å²) in [5.74, 6) is -0.315. The Morgan fingerprint density at radius 2 is 1.73 bits per heavy atom. The molecule has 0 saturated carbocycles. The number of morpholine rings is 1. The third kappa shape index (κ3) is 5.85. The summed E-state index contributed by atoms with van der Waals surface area (Å²) in [5, 5.41) is 15.3. The molecule has 8 heteroatoms. The summed E-state index contributed by atoms with van der Waals surface area (Å²) >= 11 is 0. The summed E-state index contributed by atoms with van der Waals surface area (Å²) in [5.41, 5.74) is -1.08. The lowest BCUT2D eigenvalue weighted by molar-refractivity contribution is -0.126. The van der Waals surface area contributed by atoms with Gasteiger partial charge in [-0.25, -0.2) is 4.79 Å². The molecule has 1 atom stereocenters. The first-order valence-corrected chi connectivity index (χ1v) is 9.19. The van der Waals surface area contributed by atoms with Crippen LogP contribution in [0.3, 0.4) is 0 Å². The lowest BCUT2D eigenvalue weighted by atomic mass is 9.86. The quantitative estimate of drug-likeness (QED) is 0.773. The molecule has 0 aromatic heterocycles. The molecule has 0 aliphatic carbocycles. The maximum Gasteiger partial charge on any atom is 0.318 e. The van der Waals surface area contributed by atoms with Crippen LogP contribution in [-0.4, -0.2) is 67.9 Å². The summed E-state index contributed by atoms with van der Waals surface area (Å²) < 4.78 is 10.6. The van der Waals surface area contributed by atoms with Crippen molar-refractivity contribution in [2.45, 2.75) is 51.6 Å². The topological polar surface area (TPSA) is 104 Å². The van der Waals surface area contributed by atoms with Crippen LogP contribution in [0, 0.1) is 16.7 Å². The molecule has 2 N–H and O–H groups in total. The van der Waals surface area contributed by atoms with Gasteiger partial charge in [-0.05, 0) is 11.8 Å². The Morgan fingerprint density at radius 3 is 2.27 bits per heavy atom. The van der Waals surface area contributed by atoms with Crippen LogP contribution in [0.4, 0.5) is 4.79 Å². The van der Waals surface area contributed by atoms with E-state index in [9.17, 15) is 14.9 Å². The number of nitriles is 1. The van der Waals surface area contributed by atoms with Crippen LogP contribution >= 0.6 is 0 Å². The van der Waals surface area contributed by atoms with Crippen molar-refractivity contribution >= 4 is 11.9 Å². The van der Waals surface area contributed by atoms with Crippen molar-refractivity contribution in [3.05, 3.63) is 0 Å². The minimum absolute atomic E-state index is 0.157. The fourth-order valence-electron chi connectivity index (χ4n) is 3.14. The molecule has 2 heterocycles. The second kappa shape index (κ2) is 8.69. The van der Waals surface area contributed by atoms with Crippen molar-refractivity contribution in [1.82, 2.24) is 15.5 Å². The normalized spacial score (nSPS) is 21.4. The van der Waals surface area contributed by atoms with Crippen molar-refractivity contribution < 1.29 is 19.1 Å². The Morgan fingerprint density at radius 1 is 1.15 bits per heavy atom. The van der Waals surface area contributed by atoms with Crippen LogP contribution in [0.25, 0.3) is 0 Å². The highest BCUT2D eigenvalue weighted by atomic mass is 16.5. The molecular weight excluding hydrogens is 336 g/mol. The first-order valence-electron chi connectivity index (χ1n) is 9.19.